The summed E-state index contributed by atoms with van der Waals surface area (Å²) in [5, 5.41) is 19.5. The van der Waals surface area contributed by atoms with Crippen molar-refractivity contribution in [2.75, 3.05) is 12.1 Å². The molecule has 8 nitrogen and oxygen atoms in total. The lowest BCUT2D eigenvalue weighted by Crippen LogP contribution is -2.21. The highest BCUT2D eigenvalue weighted by atomic mass is 35.5. The maximum Gasteiger partial charge on any atom is 0.269 e. The summed E-state index contributed by atoms with van der Waals surface area (Å²) in [5.41, 5.74) is 5.10. The van der Waals surface area contributed by atoms with Crippen molar-refractivity contribution in [3.05, 3.63) is 123 Å². The first-order valence-corrected chi connectivity index (χ1v) is 12.7. The maximum atomic E-state index is 11.3. The van der Waals surface area contributed by atoms with Gasteiger partial charge in [0.05, 0.1) is 35.0 Å². The zero-order valence-corrected chi connectivity index (χ0v) is 21.6. The van der Waals surface area contributed by atoms with Crippen molar-refractivity contribution in [1.29, 1.82) is 0 Å². The smallest absolute Gasteiger partial charge is 0.269 e. The van der Waals surface area contributed by atoms with Crippen LogP contribution in [0.15, 0.2) is 102 Å². The van der Waals surface area contributed by atoms with E-state index in [4.69, 9.17) is 31.4 Å². The molecular formula is C30H22ClN5O3. The van der Waals surface area contributed by atoms with Crippen molar-refractivity contribution in [2.45, 2.75) is 12.5 Å². The van der Waals surface area contributed by atoms with E-state index in [1.165, 1.54) is 12.1 Å². The predicted molar refractivity (Wildman–Crippen MR) is 152 cm³/mol. The third-order valence-corrected chi connectivity index (χ3v) is 6.96. The Bertz CT molecular complexity index is 1710. The van der Waals surface area contributed by atoms with Crippen LogP contribution in [0, 0.1) is 10.1 Å². The van der Waals surface area contributed by atoms with Crippen LogP contribution in [-0.4, -0.2) is 27.7 Å². The summed E-state index contributed by atoms with van der Waals surface area (Å²) in [5.74, 6) is 1.18. The van der Waals surface area contributed by atoms with Gasteiger partial charge < -0.3 is 4.74 Å². The Balaban J connectivity index is 1.51. The Morgan fingerprint density at radius 1 is 0.923 bits per heavy atom. The predicted octanol–water partition coefficient (Wildman–Crippen LogP) is 7.22. The Morgan fingerprint density at radius 3 is 2.36 bits per heavy atom. The second kappa shape index (κ2) is 10.2. The third-order valence-electron chi connectivity index (χ3n) is 6.72. The van der Waals surface area contributed by atoms with Crippen molar-refractivity contribution in [3.63, 3.8) is 0 Å². The lowest BCUT2D eigenvalue weighted by Gasteiger charge is -2.23. The van der Waals surface area contributed by atoms with E-state index in [0.717, 1.165) is 44.7 Å². The number of aromatic nitrogens is 2. The minimum Gasteiger partial charge on any atom is -0.497 e. The van der Waals surface area contributed by atoms with Crippen molar-refractivity contribution < 1.29 is 9.66 Å². The Hall–Kier alpha value is -4.82. The quantitative estimate of drug-likeness (QED) is 0.168. The Kier molecular flexibility index (Phi) is 6.38. The summed E-state index contributed by atoms with van der Waals surface area (Å²) < 4.78 is 5.31. The van der Waals surface area contributed by atoms with Crippen LogP contribution in [0.1, 0.15) is 23.6 Å². The number of non-ortho nitro benzene ring substituents is 1. The normalized spacial score (nSPS) is 14.9. The van der Waals surface area contributed by atoms with E-state index in [9.17, 15) is 10.1 Å². The van der Waals surface area contributed by atoms with E-state index >= 15 is 0 Å². The number of nitro benzene ring substituents is 1. The molecule has 0 spiro atoms. The molecule has 9 heteroatoms. The monoisotopic (exact) mass is 535 g/mol. The van der Waals surface area contributed by atoms with E-state index < -0.39 is 4.92 Å². The maximum absolute atomic E-state index is 11.3. The molecule has 0 fully saturated rings. The van der Waals surface area contributed by atoms with E-state index in [-0.39, 0.29) is 11.7 Å². The number of fused-ring (bicyclic) bond motifs is 1. The number of ether oxygens (including phenoxy) is 1. The lowest BCUT2D eigenvalue weighted by atomic mass is 9.98. The fourth-order valence-electron chi connectivity index (χ4n) is 4.74. The lowest BCUT2D eigenvalue weighted by molar-refractivity contribution is -0.384. The topological polar surface area (TPSA) is 93.8 Å². The molecule has 0 amide bonds. The molecule has 0 aliphatic carbocycles. The average Bonchev–Trinajstić information content (AvgIpc) is 3.43. The molecule has 39 heavy (non-hydrogen) atoms. The molecule has 0 N–H and O–H groups in total. The van der Waals surface area contributed by atoms with Gasteiger partial charge in [0.25, 0.3) is 5.69 Å². The largest absolute Gasteiger partial charge is 0.497 e. The molecule has 0 bridgehead atoms. The minimum absolute atomic E-state index is 0.0322. The fraction of sp³-hybridized carbons (Fsp3) is 0.100. The highest BCUT2D eigenvalue weighted by Crippen LogP contribution is 2.38. The number of methoxy groups -OCH3 is 1. The highest BCUT2D eigenvalue weighted by Gasteiger charge is 2.32. The van der Waals surface area contributed by atoms with E-state index in [2.05, 4.69) is 0 Å². The van der Waals surface area contributed by atoms with E-state index in [1.54, 1.807) is 30.3 Å². The van der Waals surface area contributed by atoms with Gasteiger partial charge in [-0.05, 0) is 53.6 Å². The van der Waals surface area contributed by atoms with Crippen LogP contribution in [0.5, 0.6) is 5.75 Å². The van der Waals surface area contributed by atoms with Crippen LogP contribution in [0.3, 0.4) is 0 Å². The van der Waals surface area contributed by atoms with Crippen LogP contribution in [0.4, 0.5) is 11.6 Å². The van der Waals surface area contributed by atoms with Gasteiger partial charge in [-0.15, -0.1) is 0 Å². The van der Waals surface area contributed by atoms with Gasteiger partial charge in [0.1, 0.15) is 5.75 Å². The molecule has 1 unspecified atom stereocenters. The number of hydrazone groups is 1. The zero-order chi connectivity index (χ0) is 26.9. The van der Waals surface area contributed by atoms with E-state index in [1.807, 2.05) is 66.7 Å². The average molecular weight is 536 g/mol. The summed E-state index contributed by atoms with van der Waals surface area (Å²) in [6.45, 7) is 0. The molecule has 1 aliphatic rings. The van der Waals surface area contributed by atoms with Gasteiger partial charge >= 0.3 is 0 Å². The number of rotatable bonds is 6. The number of hydrogen-bond acceptors (Lipinski definition) is 7. The van der Waals surface area contributed by atoms with Gasteiger partial charge in [-0.2, -0.15) is 5.10 Å². The van der Waals surface area contributed by atoms with Gasteiger partial charge in [-0.1, -0.05) is 54.1 Å². The summed E-state index contributed by atoms with van der Waals surface area (Å²) in [4.78, 5) is 20.7. The van der Waals surface area contributed by atoms with Crippen LogP contribution in [-0.2, 0) is 0 Å². The molecule has 5 aromatic rings. The number of halogens is 1. The summed E-state index contributed by atoms with van der Waals surface area (Å²) in [6, 6.07) is 29.4. The molecular weight excluding hydrogens is 514 g/mol. The van der Waals surface area contributed by atoms with Crippen molar-refractivity contribution >= 4 is 39.9 Å². The van der Waals surface area contributed by atoms with Gasteiger partial charge in [0, 0.05) is 34.5 Å². The molecule has 1 atom stereocenters. The summed E-state index contributed by atoms with van der Waals surface area (Å²) in [7, 11) is 1.63. The van der Waals surface area contributed by atoms with Crippen LogP contribution >= 0.6 is 11.6 Å². The first kappa shape index (κ1) is 24.5. The first-order valence-electron chi connectivity index (χ1n) is 12.3. The van der Waals surface area contributed by atoms with Crippen molar-refractivity contribution in [2.24, 2.45) is 5.10 Å². The van der Waals surface area contributed by atoms with Crippen molar-refractivity contribution in [1.82, 2.24) is 9.97 Å². The van der Waals surface area contributed by atoms with Gasteiger partial charge in [0.2, 0.25) is 5.95 Å². The Labute approximate surface area is 229 Å². The third kappa shape index (κ3) is 4.78. The minimum atomic E-state index is -0.404. The van der Waals surface area contributed by atoms with Crippen LogP contribution < -0.4 is 9.75 Å². The zero-order valence-electron chi connectivity index (χ0n) is 20.9. The molecule has 6 rings (SSSR count). The number of hydrogen-bond donors (Lipinski definition) is 0. The second-order valence-corrected chi connectivity index (χ2v) is 9.52. The first-order chi connectivity index (χ1) is 19.0. The van der Waals surface area contributed by atoms with Gasteiger partial charge in [-0.3, -0.25) is 10.1 Å². The van der Waals surface area contributed by atoms with Crippen molar-refractivity contribution in [3.8, 4) is 17.0 Å². The van der Waals surface area contributed by atoms with E-state index in [0.29, 0.717) is 17.4 Å². The molecule has 192 valence electrons. The fourth-order valence-corrected chi connectivity index (χ4v) is 4.91. The summed E-state index contributed by atoms with van der Waals surface area (Å²) in [6.07, 6.45) is 0.562. The molecule has 1 aliphatic heterocycles. The number of benzene rings is 4. The second-order valence-electron chi connectivity index (χ2n) is 9.09. The van der Waals surface area contributed by atoms with Crippen LogP contribution in [0.25, 0.3) is 22.2 Å². The molecule has 0 saturated heterocycles. The molecule has 2 heterocycles. The molecule has 0 radical (unpaired) electrons. The highest BCUT2D eigenvalue weighted by molar-refractivity contribution is 6.31. The summed E-state index contributed by atoms with van der Waals surface area (Å²) >= 11 is 6.35. The standard InChI is InChI=1S/C30H22ClN5O3/c1-39-24-14-9-19(10-15-24)27-18-28(20-7-12-23(13-8-20)36(37)38)35(34-27)30-32-26-16-11-22(31)17-25(26)29(33-30)21-5-3-2-4-6-21/h2-17,28H,18H2,1H3. The molecule has 4 aromatic carbocycles. The van der Waals surface area contributed by atoms with Gasteiger partial charge in [0.15, 0.2) is 0 Å². The SMILES string of the molecule is COc1ccc(C2=NN(c3nc(-c4ccccc4)c4cc(Cl)ccc4n3)C(c3ccc([N+](=O)[O-])cc3)C2)cc1. The number of nitro groups is 1. The van der Waals surface area contributed by atoms with Gasteiger partial charge in [-0.25, -0.2) is 15.0 Å². The molecule has 0 saturated carbocycles. The number of nitrogens with zero attached hydrogens (tertiary/aromatic N) is 5. The van der Waals surface area contributed by atoms with Crippen LogP contribution in [0.2, 0.25) is 5.02 Å². The Morgan fingerprint density at radius 2 is 1.67 bits per heavy atom. The molecule has 1 aromatic heterocycles. The number of anilines is 1.